The van der Waals surface area contributed by atoms with Crippen LogP contribution in [0.2, 0.25) is 0 Å². The van der Waals surface area contributed by atoms with Gasteiger partial charge in [0.05, 0.1) is 11.8 Å². The number of carbonyl (C=O) groups is 2. The van der Waals surface area contributed by atoms with Crippen LogP contribution >= 0.6 is 0 Å². The van der Waals surface area contributed by atoms with E-state index in [9.17, 15) is 14.0 Å². The number of aromatic amines is 1. The molecule has 18 heavy (non-hydrogen) atoms. The van der Waals surface area contributed by atoms with Gasteiger partial charge in [0.25, 0.3) is 0 Å². The highest BCUT2D eigenvalue weighted by Gasteiger charge is 2.18. The summed E-state index contributed by atoms with van der Waals surface area (Å²) in [5, 5.41) is 6.22. The fraction of sp³-hybridized carbons (Fsp3) is 0.0833. The molecular formula is C12H9FN2O3. The molecule has 0 unspecified atom stereocenters. The quantitative estimate of drug-likeness (QED) is 0.511. The van der Waals surface area contributed by atoms with Crippen molar-refractivity contribution < 1.29 is 18.7 Å². The lowest BCUT2D eigenvalue weighted by Gasteiger charge is -2.06. The van der Waals surface area contributed by atoms with E-state index in [4.69, 9.17) is 4.74 Å². The fourth-order valence-electron chi connectivity index (χ4n) is 1.43. The van der Waals surface area contributed by atoms with Crippen molar-refractivity contribution in [2.45, 2.75) is 6.92 Å². The first kappa shape index (κ1) is 12.0. The molecule has 6 heteroatoms. The Hall–Kier alpha value is -2.50. The maximum absolute atomic E-state index is 13.5. The van der Waals surface area contributed by atoms with Gasteiger partial charge in [-0.2, -0.15) is 5.10 Å². The molecule has 92 valence electrons. The van der Waals surface area contributed by atoms with Gasteiger partial charge in [0, 0.05) is 5.69 Å². The average Bonchev–Trinajstić information content (AvgIpc) is 2.78. The zero-order chi connectivity index (χ0) is 13.1. The van der Waals surface area contributed by atoms with E-state index in [0.29, 0.717) is 12.0 Å². The Morgan fingerprint density at radius 2 is 2.28 bits per heavy atom. The lowest BCUT2D eigenvalue weighted by Crippen LogP contribution is -2.11. The van der Waals surface area contributed by atoms with E-state index in [-0.39, 0.29) is 16.9 Å². The van der Waals surface area contributed by atoms with Crippen molar-refractivity contribution in [1.29, 1.82) is 0 Å². The molecule has 0 amide bonds. The van der Waals surface area contributed by atoms with Gasteiger partial charge in [-0.05, 0) is 19.1 Å². The number of rotatable bonds is 3. The van der Waals surface area contributed by atoms with E-state index in [1.54, 1.807) is 6.92 Å². The fourth-order valence-corrected chi connectivity index (χ4v) is 1.43. The Labute approximate surface area is 102 Å². The highest BCUT2D eigenvalue weighted by atomic mass is 19.1. The summed E-state index contributed by atoms with van der Waals surface area (Å²) in [5.74, 6) is -1.92. The van der Waals surface area contributed by atoms with Gasteiger partial charge in [0.1, 0.15) is 5.56 Å². The van der Waals surface area contributed by atoms with Crippen LogP contribution in [0.5, 0.6) is 5.75 Å². The van der Waals surface area contributed by atoms with Crippen LogP contribution in [0.3, 0.4) is 0 Å². The van der Waals surface area contributed by atoms with Crippen LogP contribution < -0.4 is 4.74 Å². The van der Waals surface area contributed by atoms with Crippen LogP contribution in [0.4, 0.5) is 4.39 Å². The van der Waals surface area contributed by atoms with E-state index in [1.165, 1.54) is 18.3 Å². The third-order valence-electron chi connectivity index (χ3n) is 2.37. The molecule has 0 fully saturated rings. The van der Waals surface area contributed by atoms with Gasteiger partial charge in [0.2, 0.25) is 0 Å². The first-order chi connectivity index (χ1) is 8.63. The first-order valence-corrected chi connectivity index (χ1v) is 5.09. The van der Waals surface area contributed by atoms with Crippen molar-refractivity contribution in [2.24, 2.45) is 0 Å². The Kier molecular flexibility index (Phi) is 3.18. The molecule has 0 radical (unpaired) electrons. The molecule has 5 nitrogen and oxygen atoms in total. The molecule has 0 saturated heterocycles. The monoisotopic (exact) mass is 248 g/mol. The minimum Gasteiger partial charge on any atom is -0.419 e. The van der Waals surface area contributed by atoms with E-state index in [0.717, 1.165) is 6.07 Å². The number of aromatic nitrogens is 2. The molecule has 2 aromatic rings. The number of carbonyl (C=O) groups excluding carboxylic acids is 2. The van der Waals surface area contributed by atoms with Crippen LogP contribution in [-0.2, 0) is 0 Å². The maximum atomic E-state index is 13.5. The lowest BCUT2D eigenvalue weighted by molar-refractivity contribution is 0.0726. The number of para-hydroxylation sites is 1. The third-order valence-corrected chi connectivity index (χ3v) is 2.37. The molecule has 0 atom stereocenters. The number of benzene rings is 1. The Morgan fingerprint density at radius 3 is 2.89 bits per heavy atom. The van der Waals surface area contributed by atoms with Crippen molar-refractivity contribution in [3.63, 3.8) is 0 Å². The summed E-state index contributed by atoms with van der Waals surface area (Å²) in [4.78, 5) is 22.5. The summed E-state index contributed by atoms with van der Waals surface area (Å²) >= 11 is 0. The number of esters is 1. The van der Waals surface area contributed by atoms with E-state index >= 15 is 0 Å². The number of aryl methyl sites for hydroxylation is 1. The molecule has 0 saturated carbocycles. The van der Waals surface area contributed by atoms with Crippen LogP contribution in [0.1, 0.15) is 26.4 Å². The van der Waals surface area contributed by atoms with Gasteiger partial charge in [-0.25, -0.2) is 9.18 Å². The van der Waals surface area contributed by atoms with Crippen molar-refractivity contribution >= 4 is 12.3 Å². The predicted molar refractivity (Wildman–Crippen MR) is 60.1 cm³/mol. The first-order valence-electron chi connectivity index (χ1n) is 5.09. The standard InChI is InChI=1S/C12H9FN2O3/c1-7-9(5-14-15-7)12(17)18-11-8(6-16)3-2-4-10(11)13/h2-6H,1H3,(H,14,15). The molecule has 1 N–H and O–H groups in total. The minimum absolute atomic E-state index is 0.0236. The summed E-state index contributed by atoms with van der Waals surface area (Å²) in [6.45, 7) is 1.63. The summed E-state index contributed by atoms with van der Waals surface area (Å²) < 4.78 is 18.4. The number of hydrogen-bond donors (Lipinski definition) is 1. The molecule has 1 heterocycles. The van der Waals surface area contributed by atoms with Crippen LogP contribution in [0.15, 0.2) is 24.4 Å². The molecule has 0 aliphatic heterocycles. The average molecular weight is 248 g/mol. The normalized spacial score (nSPS) is 10.1. The largest absolute Gasteiger partial charge is 0.419 e. The summed E-state index contributed by atoms with van der Waals surface area (Å²) in [6, 6.07) is 3.83. The second-order valence-electron chi connectivity index (χ2n) is 3.57. The molecule has 1 aromatic heterocycles. The van der Waals surface area contributed by atoms with Crippen molar-refractivity contribution in [3.8, 4) is 5.75 Å². The number of nitrogens with one attached hydrogen (secondary N) is 1. The van der Waals surface area contributed by atoms with E-state index < -0.39 is 11.8 Å². The highest BCUT2D eigenvalue weighted by molar-refractivity contribution is 5.93. The second-order valence-corrected chi connectivity index (χ2v) is 3.57. The van der Waals surface area contributed by atoms with Crippen LogP contribution in [0, 0.1) is 12.7 Å². The van der Waals surface area contributed by atoms with Crippen LogP contribution in [-0.4, -0.2) is 22.5 Å². The lowest BCUT2D eigenvalue weighted by atomic mass is 10.2. The van der Waals surface area contributed by atoms with Gasteiger partial charge in [0.15, 0.2) is 17.9 Å². The minimum atomic E-state index is -0.769. The zero-order valence-corrected chi connectivity index (χ0v) is 9.44. The molecule has 0 bridgehead atoms. The predicted octanol–water partition coefficient (Wildman–Crippen LogP) is 1.89. The highest BCUT2D eigenvalue weighted by Crippen LogP contribution is 2.22. The Bertz CT molecular complexity index is 607. The Morgan fingerprint density at radius 1 is 1.50 bits per heavy atom. The summed E-state index contributed by atoms with van der Waals surface area (Å²) in [7, 11) is 0. The summed E-state index contributed by atoms with van der Waals surface area (Å²) in [6.07, 6.45) is 1.70. The zero-order valence-electron chi connectivity index (χ0n) is 9.44. The van der Waals surface area contributed by atoms with E-state index in [1.807, 2.05) is 0 Å². The molecule has 0 aliphatic carbocycles. The number of aldehydes is 1. The van der Waals surface area contributed by atoms with Gasteiger partial charge < -0.3 is 4.74 Å². The third kappa shape index (κ3) is 2.13. The van der Waals surface area contributed by atoms with Gasteiger partial charge >= 0.3 is 5.97 Å². The van der Waals surface area contributed by atoms with Crippen LogP contribution in [0.25, 0.3) is 0 Å². The topological polar surface area (TPSA) is 72.1 Å². The van der Waals surface area contributed by atoms with Crippen molar-refractivity contribution in [1.82, 2.24) is 10.2 Å². The number of nitrogens with zero attached hydrogens (tertiary/aromatic N) is 1. The second kappa shape index (κ2) is 4.79. The Balaban J connectivity index is 2.33. The van der Waals surface area contributed by atoms with Gasteiger partial charge in [-0.3, -0.25) is 9.89 Å². The SMILES string of the molecule is Cc1[nH]ncc1C(=O)Oc1c(F)cccc1C=O. The maximum Gasteiger partial charge on any atom is 0.347 e. The molecule has 2 rings (SSSR count). The molecular weight excluding hydrogens is 239 g/mol. The van der Waals surface area contributed by atoms with Gasteiger partial charge in [-0.1, -0.05) is 6.07 Å². The number of hydrogen-bond acceptors (Lipinski definition) is 4. The van der Waals surface area contributed by atoms with E-state index in [2.05, 4.69) is 10.2 Å². The molecule has 1 aromatic carbocycles. The number of ether oxygens (including phenoxy) is 1. The summed E-state index contributed by atoms with van der Waals surface area (Å²) in [5.41, 5.74) is 0.670. The number of halogens is 1. The van der Waals surface area contributed by atoms with Crippen molar-refractivity contribution in [3.05, 3.63) is 47.0 Å². The number of H-pyrrole nitrogens is 1. The van der Waals surface area contributed by atoms with Gasteiger partial charge in [-0.15, -0.1) is 0 Å². The van der Waals surface area contributed by atoms with Crippen molar-refractivity contribution in [2.75, 3.05) is 0 Å². The molecule has 0 spiro atoms. The smallest absolute Gasteiger partial charge is 0.347 e. The molecule has 0 aliphatic rings.